The number of methoxy groups -OCH3 is 1. The highest BCUT2D eigenvalue weighted by molar-refractivity contribution is 5.28. The van der Waals surface area contributed by atoms with E-state index in [1.165, 1.54) is 18.4 Å². The van der Waals surface area contributed by atoms with Crippen molar-refractivity contribution in [1.29, 1.82) is 0 Å². The molecule has 0 fully saturated rings. The van der Waals surface area contributed by atoms with E-state index in [-0.39, 0.29) is 6.10 Å². The Morgan fingerprint density at radius 3 is 2.59 bits per heavy atom. The van der Waals surface area contributed by atoms with Crippen molar-refractivity contribution in [2.75, 3.05) is 7.11 Å². The molecule has 0 amide bonds. The van der Waals surface area contributed by atoms with Crippen LogP contribution in [0.1, 0.15) is 31.2 Å². The van der Waals surface area contributed by atoms with Crippen molar-refractivity contribution in [3.05, 3.63) is 41.5 Å². The summed E-state index contributed by atoms with van der Waals surface area (Å²) in [4.78, 5) is 0. The normalized spacial score (nSPS) is 17.4. The molecule has 0 bridgehead atoms. The van der Waals surface area contributed by atoms with Crippen LogP contribution in [0.15, 0.2) is 35.9 Å². The molecule has 2 nitrogen and oxygen atoms in total. The van der Waals surface area contributed by atoms with Crippen molar-refractivity contribution in [2.24, 2.45) is 0 Å². The van der Waals surface area contributed by atoms with Crippen LogP contribution in [0.4, 0.5) is 0 Å². The van der Waals surface area contributed by atoms with Gasteiger partial charge in [-0.05, 0) is 49.0 Å². The van der Waals surface area contributed by atoms with Gasteiger partial charge in [0, 0.05) is 6.42 Å². The zero-order valence-electron chi connectivity index (χ0n) is 10.4. The minimum atomic E-state index is -0.316. The zero-order valence-corrected chi connectivity index (χ0v) is 10.4. The number of allylic oxidation sites excluding steroid dienone is 1. The highest BCUT2D eigenvalue weighted by Crippen LogP contribution is 2.23. The predicted octanol–water partition coefficient (Wildman–Crippen LogP) is 3.10. The SMILES string of the molecule is COc1ccc(CC(O)C2=CCCCC2)cc1. The van der Waals surface area contributed by atoms with Crippen LogP contribution in [-0.4, -0.2) is 18.3 Å². The second-order valence-corrected chi connectivity index (χ2v) is 4.59. The Balaban J connectivity index is 1.97. The van der Waals surface area contributed by atoms with Gasteiger partial charge in [-0.2, -0.15) is 0 Å². The molecule has 2 rings (SSSR count). The molecule has 2 heteroatoms. The molecule has 1 aromatic rings. The lowest BCUT2D eigenvalue weighted by molar-refractivity contribution is 0.204. The Bertz CT molecular complexity index is 378. The van der Waals surface area contributed by atoms with Gasteiger partial charge in [-0.1, -0.05) is 18.2 Å². The molecule has 1 unspecified atom stereocenters. The minimum absolute atomic E-state index is 0.316. The summed E-state index contributed by atoms with van der Waals surface area (Å²) in [6, 6.07) is 7.92. The molecule has 0 spiro atoms. The molecule has 0 aromatic heterocycles. The summed E-state index contributed by atoms with van der Waals surface area (Å²) < 4.78 is 5.12. The smallest absolute Gasteiger partial charge is 0.118 e. The summed E-state index contributed by atoms with van der Waals surface area (Å²) in [6.45, 7) is 0. The molecule has 1 aromatic carbocycles. The van der Waals surface area contributed by atoms with Gasteiger partial charge in [-0.25, -0.2) is 0 Å². The third-order valence-corrected chi connectivity index (χ3v) is 3.34. The first kappa shape index (κ1) is 12.2. The molecule has 1 atom stereocenters. The van der Waals surface area contributed by atoms with Crippen LogP contribution in [0.5, 0.6) is 5.75 Å². The van der Waals surface area contributed by atoms with Gasteiger partial charge in [0.25, 0.3) is 0 Å². The third-order valence-electron chi connectivity index (χ3n) is 3.34. The van der Waals surface area contributed by atoms with Gasteiger partial charge in [-0.3, -0.25) is 0 Å². The fraction of sp³-hybridized carbons (Fsp3) is 0.467. The summed E-state index contributed by atoms with van der Waals surface area (Å²) in [7, 11) is 1.66. The lowest BCUT2D eigenvalue weighted by Gasteiger charge is -2.18. The average Bonchev–Trinajstić information content (AvgIpc) is 2.40. The maximum absolute atomic E-state index is 10.2. The van der Waals surface area contributed by atoms with Crippen LogP contribution in [-0.2, 0) is 6.42 Å². The van der Waals surface area contributed by atoms with Crippen LogP contribution in [0.2, 0.25) is 0 Å². The van der Waals surface area contributed by atoms with E-state index in [1.807, 2.05) is 24.3 Å². The second-order valence-electron chi connectivity index (χ2n) is 4.59. The largest absolute Gasteiger partial charge is 0.497 e. The predicted molar refractivity (Wildman–Crippen MR) is 69.3 cm³/mol. The molecule has 1 N–H and O–H groups in total. The maximum Gasteiger partial charge on any atom is 0.118 e. The van der Waals surface area contributed by atoms with Crippen LogP contribution >= 0.6 is 0 Å². The van der Waals surface area contributed by atoms with Gasteiger partial charge in [0.1, 0.15) is 5.75 Å². The monoisotopic (exact) mass is 232 g/mol. The van der Waals surface area contributed by atoms with Gasteiger partial charge in [0.15, 0.2) is 0 Å². The lowest BCUT2D eigenvalue weighted by Crippen LogP contribution is -2.15. The standard InChI is InChI=1S/C15H20O2/c1-17-14-9-7-12(8-10-14)11-15(16)13-5-3-2-4-6-13/h5,7-10,15-16H,2-4,6,11H2,1H3. The number of aliphatic hydroxyl groups is 1. The van der Waals surface area contributed by atoms with Crippen molar-refractivity contribution in [1.82, 2.24) is 0 Å². The zero-order chi connectivity index (χ0) is 12.1. The van der Waals surface area contributed by atoms with E-state index < -0.39 is 0 Å². The molecule has 0 heterocycles. The summed E-state index contributed by atoms with van der Waals surface area (Å²) >= 11 is 0. The van der Waals surface area contributed by atoms with E-state index >= 15 is 0 Å². The second kappa shape index (κ2) is 5.87. The van der Waals surface area contributed by atoms with Crippen molar-refractivity contribution in [3.63, 3.8) is 0 Å². The topological polar surface area (TPSA) is 29.5 Å². The van der Waals surface area contributed by atoms with Crippen molar-refractivity contribution in [3.8, 4) is 5.75 Å². The van der Waals surface area contributed by atoms with Crippen LogP contribution in [0.25, 0.3) is 0 Å². The van der Waals surface area contributed by atoms with Gasteiger partial charge in [0.05, 0.1) is 13.2 Å². The van der Waals surface area contributed by atoms with Crippen LogP contribution < -0.4 is 4.74 Å². The number of rotatable bonds is 4. The fourth-order valence-corrected chi connectivity index (χ4v) is 2.28. The molecule has 1 aliphatic rings. The number of hydrogen-bond donors (Lipinski definition) is 1. The summed E-state index contributed by atoms with van der Waals surface area (Å²) in [6.07, 6.45) is 7.24. The maximum atomic E-state index is 10.2. The Kier molecular flexibility index (Phi) is 4.21. The van der Waals surface area contributed by atoms with Crippen molar-refractivity contribution in [2.45, 2.75) is 38.2 Å². The molecule has 92 valence electrons. The van der Waals surface area contributed by atoms with E-state index in [1.54, 1.807) is 7.11 Å². The first-order valence-corrected chi connectivity index (χ1v) is 6.29. The molecule has 1 aliphatic carbocycles. The Labute approximate surface area is 103 Å². The van der Waals surface area contributed by atoms with Gasteiger partial charge in [0.2, 0.25) is 0 Å². The van der Waals surface area contributed by atoms with E-state index in [9.17, 15) is 5.11 Å². The minimum Gasteiger partial charge on any atom is -0.497 e. The number of hydrogen-bond acceptors (Lipinski definition) is 2. The highest BCUT2D eigenvalue weighted by Gasteiger charge is 2.13. The molecule has 0 saturated heterocycles. The first-order valence-electron chi connectivity index (χ1n) is 6.29. The van der Waals surface area contributed by atoms with Crippen molar-refractivity contribution < 1.29 is 9.84 Å². The number of aliphatic hydroxyl groups excluding tert-OH is 1. The number of ether oxygens (including phenoxy) is 1. The van der Waals surface area contributed by atoms with Gasteiger partial charge in [-0.15, -0.1) is 0 Å². The van der Waals surface area contributed by atoms with Crippen molar-refractivity contribution >= 4 is 0 Å². The van der Waals surface area contributed by atoms with Gasteiger partial charge < -0.3 is 9.84 Å². The van der Waals surface area contributed by atoms with Crippen LogP contribution in [0, 0.1) is 0 Å². The molecule has 0 radical (unpaired) electrons. The molecule has 17 heavy (non-hydrogen) atoms. The van der Waals surface area contributed by atoms with Crippen LogP contribution in [0.3, 0.4) is 0 Å². The molecule has 0 saturated carbocycles. The van der Waals surface area contributed by atoms with E-state index in [0.717, 1.165) is 24.2 Å². The van der Waals surface area contributed by atoms with Gasteiger partial charge >= 0.3 is 0 Å². The fourth-order valence-electron chi connectivity index (χ4n) is 2.28. The highest BCUT2D eigenvalue weighted by atomic mass is 16.5. The van der Waals surface area contributed by atoms with E-state index in [0.29, 0.717) is 6.42 Å². The molecular weight excluding hydrogens is 212 g/mol. The quantitative estimate of drug-likeness (QED) is 0.808. The lowest BCUT2D eigenvalue weighted by atomic mass is 9.92. The Hall–Kier alpha value is -1.28. The summed E-state index contributed by atoms with van der Waals surface area (Å²) in [5.74, 6) is 0.861. The molecular formula is C15H20O2. The average molecular weight is 232 g/mol. The van der Waals surface area contributed by atoms with E-state index in [2.05, 4.69) is 6.08 Å². The van der Waals surface area contributed by atoms with E-state index in [4.69, 9.17) is 4.74 Å². The summed E-state index contributed by atoms with van der Waals surface area (Å²) in [5.41, 5.74) is 2.37. The Morgan fingerprint density at radius 2 is 2.00 bits per heavy atom. The molecule has 0 aliphatic heterocycles. The third kappa shape index (κ3) is 3.34. The Morgan fingerprint density at radius 1 is 1.24 bits per heavy atom. The first-order chi connectivity index (χ1) is 8.29. The summed E-state index contributed by atoms with van der Waals surface area (Å²) in [5, 5.41) is 10.2. The number of benzene rings is 1.